The van der Waals surface area contributed by atoms with Gasteiger partial charge in [0.25, 0.3) is 0 Å². The summed E-state index contributed by atoms with van der Waals surface area (Å²) < 4.78 is 9.56. The zero-order valence-corrected chi connectivity index (χ0v) is 21.3. The number of aryl methyl sites for hydroxylation is 1. The first-order chi connectivity index (χ1) is 16.8. The van der Waals surface area contributed by atoms with Crippen LogP contribution in [0.1, 0.15) is 20.8 Å². The van der Waals surface area contributed by atoms with E-state index >= 15 is 0 Å². The van der Waals surface area contributed by atoms with E-state index in [1.165, 1.54) is 0 Å². The highest BCUT2D eigenvalue weighted by Crippen LogP contribution is 2.38. The van der Waals surface area contributed by atoms with Crippen molar-refractivity contribution in [2.24, 2.45) is 7.05 Å². The normalized spacial score (nSPS) is 14.5. The molecule has 5 rings (SSSR count). The van der Waals surface area contributed by atoms with Gasteiger partial charge in [0.2, 0.25) is 0 Å². The first-order valence-corrected chi connectivity index (χ1v) is 12.5. The van der Waals surface area contributed by atoms with Crippen LogP contribution in [0.15, 0.2) is 66.0 Å². The third kappa shape index (κ3) is 5.00. The largest absolute Gasteiger partial charge is 0.444 e. The fraction of sp³-hybridized carbons (Fsp3) is 0.346. The Labute approximate surface area is 209 Å². The molecule has 4 heterocycles. The summed E-state index contributed by atoms with van der Waals surface area (Å²) in [6.45, 7) is 8.39. The molecule has 0 radical (unpaired) electrons. The molecule has 9 heteroatoms. The van der Waals surface area contributed by atoms with Crippen LogP contribution in [-0.4, -0.2) is 61.5 Å². The lowest BCUT2D eigenvalue weighted by Crippen LogP contribution is -2.50. The Bertz CT molecular complexity index is 1330. The van der Waals surface area contributed by atoms with Crippen LogP contribution in [0.2, 0.25) is 0 Å². The summed E-state index contributed by atoms with van der Waals surface area (Å²) in [6, 6.07) is 14.6. The SMILES string of the molecule is Cn1cc(-c2cc3c(N4CCN(C(=O)OC(C)(C)C)CC4)ccnc3n2Sc2ccccc2)cn1. The molecule has 0 N–H and O–H groups in total. The second kappa shape index (κ2) is 9.30. The second-order valence-corrected chi connectivity index (χ2v) is 10.7. The average Bonchev–Trinajstić information content (AvgIpc) is 3.42. The number of carbonyl (C=O) groups is 1. The average molecular weight is 491 g/mol. The first kappa shape index (κ1) is 23.3. The van der Waals surface area contributed by atoms with Crippen LogP contribution >= 0.6 is 11.9 Å². The van der Waals surface area contributed by atoms with Gasteiger partial charge in [0.1, 0.15) is 5.60 Å². The van der Waals surface area contributed by atoms with Crippen LogP contribution in [0.3, 0.4) is 0 Å². The predicted octanol–water partition coefficient (Wildman–Crippen LogP) is 5.05. The number of hydrogen-bond donors (Lipinski definition) is 0. The van der Waals surface area contributed by atoms with Crippen molar-refractivity contribution in [3.8, 4) is 11.3 Å². The van der Waals surface area contributed by atoms with Crippen LogP contribution in [0, 0.1) is 0 Å². The maximum atomic E-state index is 12.5. The highest BCUT2D eigenvalue weighted by molar-refractivity contribution is 7.98. The molecule has 1 aromatic carbocycles. The minimum Gasteiger partial charge on any atom is -0.444 e. The number of amides is 1. The van der Waals surface area contributed by atoms with Gasteiger partial charge >= 0.3 is 6.09 Å². The Morgan fingerprint density at radius 2 is 1.80 bits per heavy atom. The van der Waals surface area contributed by atoms with Gasteiger partial charge in [-0.05, 0) is 57.0 Å². The van der Waals surface area contributed by atoms with E-state index in [4.69, 9.17) is 9.72 Å². The van der Waals surface area contributed by atoms with Gasteiger partial charge in [-0.3, -0.25) is 8.65 Å². The van der Waals surface area contributed by atoms with E-state index in [-0.39, 0.29) is 6.09 Å². The number of anilines is 1. The minimum absolute atomic E-state index is 0.249. The second-order valence-electron chi connectivity index (χ2n) is 9.65. The van der Waals surface area contributed by atoms with E-state index in [1.807, 2.05) is 69.3 Å². The molecule has 0 bridgehead atoms. The van der Waals surface area contributed by atoms with Gasteiger partial charge < -0.3 is 14.5 Å². The monoisotopic (exact) mass is 490 g/mol. The van der Waals surface area contributed by atoms with Gasteiger partial charge in [-0.25, -0.2) is 9.78 Å². The lowest BCUT2D eigenvalue weighted by Gasteiger charge is -2.37. The number of hydrogen-bond acceptors (Lipinski definition) is 6. The Hall–Kier alpha value is -3.46. The minimum atomic E-state index is -0.493. The van der Waals surface area contributed by atoms with E-state index in [2.05, 4.69) is 38.2 Å². The molecule has 0 aliphatic carbocycles. The number of rotatable bonds is 4. The van der Waals surface area contributed by atoms with Crippen molar-refractivity contribution in [3.05, 3.63) is 61.1 Å². The Morgan fingerprint density at radius 1 is 1.06 bits per heavy atom. The van der Waals surface area contributed by atoms with Gasteiger partial charge in [0.05, 0.1) is 11.9 Å². The fourth-order valence-electron chi connectivity index (χ4n) is 4.23. The molecule has 0 saturated carbocycles. The summed E-state index contributed by atoms with van der Waals surface area (Å²) in [5.41, 5.74) is 3.62. The molecule has 35 heavy (non-hydrogen) atoms. The predicted molar refractivity (Wildman–Crippen MR) is 140 cm³/mol. The summed E-state index contributed by atoms with van der Waals surface area (Å²) in [4.78, 5) is 22.5. The molecular formula is C26H30N6O2S. The molecule has 0 spiro atoms. The number of carbonyl (C=O) groups excluding carboxylic acids is 1. The van der Waals surface area contributed by atoms with E-state index in [0.717, 1.165) is 46.0 Å². The number of benzene rings is 1. The van der Waals surface area contributed by atoms with Crippen molar-refractivity contribution >= 4 is 34.8 Å². The summed E-state index contributed by atoms with van der Waals surface area (Å²) in [6.07, 6.45) is 5.53. The molecule has 182 valence electrons. The number of ether oxygens (including phenoxy) is 1. The summed E-state index contributed by atoms with van der Waals surface area (Å²) in [5, 5.41) is 5.47. The van der Waals surface area contributed by atoms with E-state index < -0.39 is 5.60 Å². The topological polar surface area (TPSA) is 68.4 Å². The van der Waals surface area contributed by atoms with Crippen molar-refractivity contribution in [2.45, 2.75) is 31.3 Å². The molecule has 8 nitrogen and oxygen atoms in total. The van der Waals surface area contributed by atoms with Crippen LogP contribution < -0.4 is 4.90 Å². The van der Waals surface area contributed by atoms with Crippen molar-refractivity contribution in [1.82, 2.24) is 23.6 Å². The summed E-state index contributed by atoms with van der Waals surface area (Å²) >= 11 is 1.65. The van der Waals surface area contributed by atoms with Crippen molar-refractivity contribution < 1.29 is 9.53 Å². The van der Waals surface area contributed by atoms with Gasteiger partial charge in [-0.2, -0.15) is 5.10 Å². The van der Waals surface area contributed by atoms with Gasteiger partial charge in [-0.15, -0.1) is 0 Å². The zero-order valence-electron chi connectivity index (χ0n) is 20.5. The first-order valence-electron chi connectivity index (χ1n) is 11.7. The molecule has 1 aliphatic heterocycles. The number of aromatic nitrogens is 4. The Balaban J connectivity index is 1.47. The quantitative estimate of drug-likeness (QED) is 0.399. The van der Waals surface area contributed by atoms with Crippen LogP contribution in [0.4, 0.5) is 10.5 Å². The number of nitrogens with zero attached hydrogens (tertiary/aromatic N) is 6. The molecule has 1 aliphatic rings. The van der Waals surface area contributed by atoms with Crippen LogP contribution in [-0.2, 0) is 11.8 Å². The molecule has 4 aromatic rings. The van der Waals surface area contributed by atoms with Gasteiger partial charge in [-0.1, -0.05) is 18.2 Å². The lowest BCUT2D eigenvalue weighted by atomic mass is 10.2. The van der Waals surface area contributed by atoms with E-state index in [1.54, 1.807) is 16.8 Å². The van der Waals surface area contributed by atoms with Crippen LogP contribution in [0.25, 0.3) is 22.3 Å². The maximum Gasteiger partial charge on any atom is 0.410 e. The number of fused-ring (bicyclic) bond motifs is 1. The Morgan fingerprint density at radius 3 is 2.46 bits per heavy atom. The smallest absolute Gasteiger partial charge is 0.410 e. The molecule has 0 unspecified atom stereocenters. The summed E-state index contributed by atoms with van der Waals surface area (Å²) in [5.74, 6) is 0. The molecule has 3 aromatic heterocycles. The number of piperazine rings is 1. The Kier molecular flexibility index (Phi) is 6.19. The highest BCUT2D eigenvalue weighted by atomic mass is 32.2. The molecule has 1 saturated heterocycles. The van der Waals surface area contributed by atoms with E-state index in [0.29, 0.717) is 13.1 Å². The summed E-state index contributed by atoms with van der Waals surface area (Å²) in [7, 11) is 1.93. The highest BCUT2D eigenvalue weighted by Gasteiger charge is 2.27. The molecular weight excluding hydrogens is 460 g/mol. The van der Waals surface area contributed by atoms with Crippen LogP contribution in [0.5, 0.6) is 0 Å². The third-order valence-electron chi connectivity index (χ3n) is 5.85. The van der Waals surface area contributed by atoms with Crippen molar-refractivity contribution in [3.63, 3.8) is 0 Å². The third-order valence-corrected chi connectivity index (χ3v) is 6.89. The van der Waals surface area contributed by atoms with Gasteiger partial charge in [0, 0.05) is 67.2 Å². The van der Waals surface area contributed by atoms with Gasteiger partial charge in [0.15, 0.2) is 5.65 Å². The van der Waals surface area contributed by atoms with E-state index in [9.17, 15) is 4.79 Å². The lowest BCUT2D eigenvalue weighted by molar-refractivity contribution is 0.0240. The molecule has 1 amide bonds. The maximum absolute atomic E-state index is 12.5. The fourth-order valence-corrected chi connectivity index (χ4v) is 5.21. The van der Waals surface area contributed by atoms with Crippen molar-refractivity contribution in [1.29, 1.82) is 0 Å². The zero-order chi connectivity index (χ0) is 24.6. The molecule has 1 fully saturated rings. The van der Waals surface area contributed by atoms with Crippen molar-refractivity contribution in [2.75, 3.05) is 31.1 Å². The molecule has 0 atom stereocenters. The standard InChI is InChI=1S/C26H30N6O2S/c1-26(2,3)34-25(33)31-14-12-30(13-15-31)22-10-11-27-24-21(22)16-23(19-17-28-29(4)18-19)32(24)35-20-8-6-5-7-9-20/h5-11,16-18H,12-15H2,1-4H3. The number of pyridine rings is 1.